The molecule has 5 heteroatoms. The lowest BCUT2D eigenvalue weighted by molar-refractivity contribution is -0.120. The molecule has 0 fully saturated rings. The van der Waals surface area contributed by atoms with E-state index in [0.29, 0.717) is 17.9 Å². The highest BCUT2D eigenvalue weighted by Crippen LogP contribution is 2.30. The smallest absolute Gasteiger partial charge is 0.254 e. The molecule has 0 saturated heterocycles. The lowest BCUT2D eigenvalue weighted by Gasteiger charge is -2.33. The monoisotopic (exact) mass is 414 g/mol. The standard InChI is InChI=1S/C26H26N2O3/c1-18-17-21(31-2)14-15-22(18)25(29)27-24(20-10-4-3-5-11-20)26(30)28-16-8-12-19-9-6-7-13-23(19)28/h3-7,9-11,13-15,17,24H,8,12,16H2,1-2H3,(H,27,29)/t24-/m0/s1. The Morgan fingerprint density at radius 2 is 1.74 bits per heavy atom. The van der Waals surface area contributed by atoms with Crippen molar-refractivity contribution in [3.63, 3.8) is 0 Å². The third-order valence-electron chi connectivity index (χ3n) is 5.71. The van der Waals surface area contributed by atoms with Crippen molar-refractivity contribution in [3.05, 3.63) is 95.1 Å². The Bertz CT molecular complexity index is 1090. The number of anilines is 1. The van der Waals surface area contributed by atoms with Gasteiger partial charge in [-0.3, -0.25) is 9.59 Å². The van der Waals surface area contributed by atoms with Crippen LogP contribution >= 0.6 is 0 Å². The quantitative estimate of drug-likeness (QED) is 0.671. The van der Waals surface area contributed by atoms with Gasteiger partial charge in [-0.2, -0.15) is 0 Å². The molecule has 1 aliphatic heterocycles. The summed E-state index contributed by atoms with van der Waals surface area (Å²) in [5.74, 6) is 0.278. The molecule has 0 unspecified atom stereocenters. The van der Waals surface area contributed by atoms with Crippen molar-refractivity contribution in [3.8, 4) is 5.75 Å². The predicted octanol–water partition coefficient (Wildman–Crippen LogP) is 4.45. The van der Waals surface area contributed by atoms with Crippen molar-refractivity contribution in [2.45, 2.75) is 25.8 Å². The zero-order valence-electron chi connectivity index (χ0n) is 17.8. The molecule has 0 radical (unpaired) electrons. The highest BCUT2D eigenvalue weighted by Gasteiger charge is 2.31. The van der Waals surface area contributed by atoms with Crippen LogP contribution in [0.1, 0.15) is 39.5 Å². The lowest BCUT2D eigenvalue weighted by atomic mass is 9.98. The first kappa shape index (κ1) is 20.7. The number of carbonyl (C=O) groups is 2. The second kappa shape index (κ2) is 9.04. The van der Waals surface area contributed by atoms with E-state index >= 15 is 0 Å². The molecule has 0 aromatic heterocycles. The number of rotatable bonds is 5. The molecule has 1 N–H and O–H groups in total. The number of ether oxygens (including phenoxy) is 1. The van der Waals surface area contributed by atoms with Crippen LogP contribution < -0.4 is 15.0 Å². The van der Waals surface area contributed by atoms with Crippen LogP contribution in [0.15, 0.2) is 72.8 Å². The topological polar surface area (TPSA) is 58.6 Å². The largest absolute Gasteiger partial charge is 0.497 e. The molecule has 31 heavy (non-hydrogen) atoms. The van der Waals surface area contributed by atoms with Gasteiger partial charge in [-0.25, -0.2) is 0 Å². The summed E-state index contributed by atoms with van der Waals surface area (Å²) < 4.78 is 5.24. The molecule has 3 aromatic carbocycles. The average molecular weight is 415 g/mol. The number of amides is 2. The van der Waals surface area contributed by atoms with Crippen molar-refractivity contribution in [2.24, 2.45) is 0 Å². The first-order valence-corrected chi connectivity index (χ1v) is 10.5. The maximum absolute atomic E-state index is 13.7. The normalized spacial score (nSPS) is 13.8. The zero-order chi connectivity index (χ0) is 21.8. The van der Waals surface area contributed by atoms with E-state index in [1.807, 2.05) is 61.5 Å². The number of hydrogen-bond donors (Lipinski definition) is 1. The Morgan fingerprint density at radius 3 is 2.48 bits per heavy atom. The van der Waals surface area contributed by atoms with Crippen LogP contribution in [-0.4, -0.2) is 25.5 Å². The first-order chi connectivity index (χ1) is 15.1. The molecule has 2 amide bonds. The van der Waals surface area contributed by atoms with Crippen LogP contribution in [0.2, 0.25) is 0 Å². The summed E-state index contributed by atoms with van der Waals surface area (Å²) in [6, 6.07) is 21.9. The van der Waals surface area contributed by atoms with E-state index < -0.39 is 6.04 Å². The van der Waals surface area contributed by atoms with Gasteiger partial charge in [0, 0.05) is 17.8 Å². The van der Waals surface area contributed by atoms with Crippen LogP contribution in [0.3, 0.4) is 0 Å². The van der Waals surface area contributed by atoms with Crippen LogP contribution in [-0.2, 0) is 11.2 Å². The highest BCUT2D eigenvalue weighted by molar-refractivity contribution is 6.03. The Balaban J connectivity index is 1.66. The van der Waals surface area contributed by atoms with Crippen LogP contribution in [0.25, 0.3) is 0 Å². The Morgan fingerprint density at radius 1 is 1.00 bits per heavy atom. The fraction of sp³-hybridized carbons (Fsp3) is 0.231. The third kappa shape index (κ3) is 4.31. The number of benzene rings is 3. The predicted molar refractivity (Wildman–Crippen MR) is 121 cm³/mol. The minimum absolute atomic E-state index is 0.127. The molecule has 5 nitrogen and oxygen atoms in total. The van der Waals surface area contributed by atoms with Crippen LogP contribution in [0.5, 0.6) is 5.75 Å². The van der Waals surface area contributed by atoms with Crippen molar-refractivity contribution < 1.29 is 14.3 Å². The van der Waals surface area contributed by atoms with E-state index in [-0.39, 0.29) is 11.8 Å². The molecule has 4 rings (SSSR count). The summed E-state index contributed by atoms with van der Waals surface area (Å²) in [6.45, 7) is 2.49. The van der Waals surface area contributed by atoms with E-state index in [2.05, 4.69) is 11.4 Å². The molecule has 0 aliphatic carbocycles. The number of aryl methyl sites for hydroxylation is 2. The van der Waals surface area contributed by atoms with Gasteiger partial charge in [-0.15, -0.1) is 0 Å². The number of carbonyl (C=O) groups excluding carboxylic acids is 2. The lowest BCUT2D eigenvalue weighted by Crippen LogP contribution is -2.45. The number of para-hydroxylation sites is 1. The number of hydrogen-bond acceptors (Lipinski definition) is 3. The molecule has 1 heterocycles. The van der Waals surface area contributed by atoms with Crippen molar-refractivity contribution in [1.82, 2.24) is 5.32 Å². The average Bonchev–Trinajstić information content (AvgIpc) is 2.82. The van der Waals surface area contributed by atoms with E-state index in [0.717, 1.165) is 35.2 Å². The summed E-state index contributed by atoms with van der Waals surface area (Å²) in [7, 11) is 1.59. The van der Waals surface area contributed by atoms with E-state index in [1.165, 1.54) is 0 Å². The highest BCUT2D eigenvalue weighted by atomic mass is 16.5. The van der Waals surface area contributed by atoms with Gasteiger partial charge < -0.3 is 15.0 Å². The molecular formula is C26H26N2O3. The van der Waals surface area contributed by atoms with Crippen molar-refractivity contribution >= 4 is 17.5 Å². The van der Waals surface area contributed by atoms with Gasteiger partial charge in [-0.1, -0.05) is 48.5 Å². The van der Waals surface area contributed by atoms with E-state index in [4.69, 9.17) is 4.74 Å². The SMILES string of the molecule is COc1ccc(C(=O)N[C@H](C(=O)N2CCCc3ccccc32)c2ccccc2)c(C)c1. The van der Waals surface area contributed by atoms with Gasteiger partial charge in [-0.05, 0) is 60.7 Å². The van der Waals surface area contributed by atoms with Gasteiger partial charge in [0.2, 0.25) is 0 Å². The second-order valence-corrected chi connectivity index (χ2v) is 7.72. The number of nitrogens with one attached hydrogen (secondary N) is 1. The van der Waals surface area contributed by atoms with E-state index in [9.17, 15) is 9.59 Å². The van der Waals surface area contributed by atoms with Gasteiger partial charge >= 0.3 is 0 Å². The van der Waals surface area contributed by atoms with Gasteiger partial charge in [0.1, 0.15) is 11.8 Å². The summed E-state index contributed by atoms with van der Waals surface area (Å²) >= 11 is 0. The molecule has 0 saturated carbocycles. The zero-order valence-corrected chi connectivity index (χ0v) is 17.8. The van der Waals surface area contributed by atoms with Crippen molar-refractivity contribution in [1.29, 1.82) is 0 Å². The minimum Gasteiger partial charge on any atom is -0.497 e. The molecule has 1 aliphatic rings. The molecular weight excluding hydrogens is 388 g/mol. The fourth-order valence-electron chi connectivity index (χ4n) is 4.08. The third-order valence-corrected chi connectivity index (χ3v) is 5.71. The number of nitrogens with zero attached hydrogens (tertiary/aromatic N) is 1. The summed E-state index contributed by atoms with van der Waals surface area (Å²) in [5.41, 5.74) is 4.16. The maximum atomic E-state index is 13.7. The Hall–Kier alpha value is -3.60. The summed E-state index contributed by atoms with van der Waals surface area (Å²) in [6.07, 6.45) is 1.85. The van der Waals surface area contributed by atoms with Crippen molar-refractivity contribution in [2.75, 3.05) is 18.6 Å². The molecule has 3 aromatic rings. The van der Waals surface area contributed by atoms with E-state index in [1.54, 1.807) is 24.1 Å². The first-order valence-electron chi connectivity index (χ1n) is 10.5. The molecule has 0 bridgehead atoms. The fourth-order valence-corrected chi connectivity index (χ4v) is 4.08. The van der Waals surface area contributed by atoms with Gasteiger partial charge in [0.05, 0.1) is 7.11 Å². The summed E-state index contributed by atoms with van der Waals surface area (Å²) in [5, 5.41) is 2.98. The number of fused-ring (bicyclic) bond motifs is 1. The minimum atomic E-state index is -0.777. The van der Waals surface area contributed by atoms with Crippen LogP contribution in [0.4, 0.5) is 5.69 Å². The van der Waals surface area contributed by atoms with Gasteiger partial charge in [0.25, 0.3) is 11.8 Å². The number of methoxy groups -OCH3 is 1. The molecule has 0 spiro atoms. The van der Waals surface area contributed by atoms with Gasteiger partial charge in [0.15, 0.2) is 0 Å². The second-order valence-electron chi connectivity index (χ2n) is 7.72. The Labute approximate surface area is 182 Å². The maximum Gasteiger partial charge on any atom is 0.254 e. The Kier molecular flexibility index (Phi) is 6.03. The molecule has 158 valence electrons. The van der Waals surface area contributed by atoms with Crippen LogP contribution in [0, 0.1) is 6.92 Å². The molecule has 1 atom stereocenters. The summed E-state index contributed by atoms with van der Waals surface area (Å²) in [4.78, 5) is 28.7.